The first kappa shape index (κ1) is 22.3. The molecule has 0 atom stereocenters. The van der Waals surface area contributed by atoms with Gasteiger partial charge in [-0.25, -0.2) is 4.79 Å². The molecule has 28 heavy (non-hydrogen) atoms. The Labute approximate surface area is 170 Å². The fraction of sp³-hybridized carbons (Fsp3) is 0.652. The molecule has 1 saturated heterocycles. The molecular formula is C23H36N2O3. The van der Waals surface area contributed by atoms with Crippen molar-refractivity contribution in [2.45, 2.75) is 84.9 Å². The third kappa shape index (κ3) is 5.98. The highest BCUT2D eigenvalue weighted by Crippen LogP contribution is 2.33. The van der Waals surface area contributed by atoms with E-state index in [-0.39, 0.29) is 18.0 Å². The van der Waals surface area contributed by atoms with Gasteiger partial charge in [-0.1, -0.05) is 31.5 Å². The maximum atomic E-state index is 13.1. The van der Waals surface area contributed by atoms with Crippen molar-refractivity contribution in [2.24, 2.45) is 0 Å². The van der Waals surface area contributed by atoms with Crippen molar-refractivity contribution in [3.63, 3.8) is 0 Å². The molecule has 1 heterocycles. The molecule has 1 aliphatic heterocycles. The highest BCUT2D eigenvalue weighted by molar-refractivity contribution is 5.95. The summed E-state index contributed by atoms with van der Waals surface area (Å²) in [6, 6.07) is 8.38. The van der Waals surface area contributed by atoms with Crippen molar-refractivity contribution < 1.29 is 14.3 Å². The van der Waals surface area contributed by atoms with Crippen LogP contribution in [0.15, 0.2) is 24.3 Å². The summed E-state index contributed by atoms with van der Waals surface area (Å²) in [6.07, 6.45) is 3.55. The molecule has 0 bridgehead atoms. The van der Waals surface area contributed by atoms with Gasteiger partial charge in [0.05, 0.1) is 0 Å². The van der Waals surface area contributed by atoms with E-state index in [1.165, 1.54) is 0 Å². The molecule has 5 heteroatoms. The SMILES string of the molecule is CC.Cc1ccc(C(=O)N(C2CC2)C2CCN(C(=O)OC(C)(C)C)CC2)cc1. The number of carbonyl (C=O) groups excluding carboxylic acids is 2. The average molecular weight is 389 g/mol. The number of piperidine rings is 1. The third-order valence-corrected chi connectivity index (χ3v) is 4.98. The second kappa shape index (κ2) is 9.44. The Bertz CT molecular complexity index is 651. The maximum Gasteiger partial charge on any atom is 0.410 e. The van der Waals surface area contributed by atoms with Crippen LogP contribution >= 0.6 is 0 Å². The van der Waals surface area contributed by atoms with Crippen molar-refractivity contribution in [1.29, 1.82) is 0 Å². The van der Waals surface area contributed by atoms with Crippen LogP contribution in [0, 0.1) is 6.92 Å². The Morgan fingerprint density at radius 3 is 1.93 bits per heavy atom. The number of hydrogen-bond acceptors (Lipinski definition) is 3. The van der Waals surface area contributed by atoms with E-state index in [4.69, 9.17) is 4.74 Å². The van der Waals surface area contributed by atoms with Gasteiger partial charge in [0.2, 0.25) is 0 Å². The lowest BCUT2D eigenvalue weighted by molar-refractivity contribution is 0.0142. The summed E-state index contributed by atoms with van der Waals surface area (Å²) in [5.41, 5.74) is 1.44. The Kier molecular flexibility index (Phi) is 7.50. The zero-order valence-electron chi connectivity index (χ0n) is 18.3. The van der Waals surface area contributed by atoms with Crippen LogP contribution in [0.5, 0.6) is 0 Å². The number of nitrogens with zero attached hydrogens (tertiary/aromatic N) is 2. The lowest BCUT2D eigenvalue weighted by Crippen LogP contribution is -2.50. The predicted molar refractivity (Wildman–Crippen MR) is 113 cm³/mol. The maximum absolute atomic E-state index is 13.1. The molecular weight excluding hydrogens is 352 g/mol. The van der Waals surface area contributed by atoms with E-state index in [0.29, 0.717) is 19.1 Å². The Hall–Kier alpha value is -2.04. The Morgan fingerprint density at radius 2 is 1.46 bits per heavy atom. The van der Waals surface area contributed by atoms with Crippen molar-refractivity contribution in [2.75, 3.05) is 13.1 Å². The molecule has 1 aliphatic carbocycles. The van der Waals surface area contributed by atoms with Crippen molar-refractivity contribution in [1.82, 2.24) is 9.80 Å². The number of ether oxygens (including phenoxy) is 1. The fourth-order valence-corrected chi connectivity index (χ4v) is 3.48. The van der Waals surface area contributed by atoms with E-state index in [0.717, 1.165) is 36.8 Å². The van der Waals surface area contributed by atoms with Gasteiger partial charge in [0, 0.05) is 30.7 Å². The predicted octanol–water partition coefficient (Wildman–Crippen LogP) is 5.03. The van der Waals surface area contributed by atoms with Gasteiger partial charge in [-0.2, -0.15) is 0 Å². The minimum absolute atomic E-state index is 0.128. The van der Waals surface area contributed by atoms with Gasteiger partial charge in [0.15, 0.2) is 0 Å². The number of aryl methyl sites for hydroxylation is 1. The van der Waals surface area contributed by atoms with Crippen molar-refractivity contribution in [3.05, 3.63) is 35.4 Å². The van der Waals surface area contributed by atoms with E-state index in [9.17, 15) is 9.59 Å². The van der Waals surface area contributed by atoms with Crippen LogP contribution in [0.25, 0.3) is 0 Å². The highest BCUT2D eigenvalue weighted by Gasteiger charge is 2.39. The fourth-order valence-electron chi connectivity index (χ4n) is 3.48. The number of carbonyl (C=O) groups is 2. The second-order valence-corrected chi connectivity index (χ2v) is 8.51. The number of amides is 2. The molecule has 1 aromatic rings. The number of benzene rings is 1. The molecule has 2 aliphatic rings. The van der Waals surface area contributed by atoms with Crippen LogP contribution in [0.3, 0.4) is 0 Å². The first-order chi connectivity index (χ1) is 13.2. The molecule has 1 saturated carbocycles. The molecule has 2 amide bonds. The van der Waals surface area contributed by atoms with Gasteiger partial charge in [0.1, 0.15) is 5.60 Å². The average Bonchev–Trinajstić information content (AvgIpc) is 3.48. The normalized spacial score (nSPS) is 17.4. The van der Waals surface area contributed by atoms with Gasteiger partial charge in [-0.3, -0.25) is 4.79 Å². The van der Waals surface area contributed by atoms with Crippen LogP contribution in [0.1, 0.15) is 76.2 Å². The minimum Gasteiger partial charge on any atom is -0.444 e. The molecule has 0 N–H and O–H groups in total. The number of likely N-dealkylation sites (tertiary alicyclic amines) is 1. The van der Waals surface area contributed by atoms with E-state index < -0.39 is 5.60 Å². The van der Waals surface area contributed by atoms with E-state index in [1.54, 1.807) is 4.90 Å². The number of rotatable bonds is 3. The molecule has 0 aromatic heterocycles. The summed E-state index contributed by atoms with van der Waals surface area (Å²) >= 11 is 0. The second-order valence-electron chi connectivity index (χ2n) is 8.51. The summed E-state index contributed by atoms with van der Waals surface area (Å²) in [5.74, 6) is 0.128. The first-order valence-electron chi connectivity index (χ1n) is 10.6. The van der Waals surface area contributed by atoms with Gasteiger partial charge < -0.3 is 14.5 Å². The van der Waals surface area contributed by atoms with Gasteiger partial charge in [-0.15, -0.1) is 0 Å². The summed E-state index contributed by atoms with van der Waals surface area (Å²) < 4.78 is 5.47. The molecule has 0 spiro atoms. The van der Waals surface area contributed by atoms with Crippen molar-refractivity contribution >= 4 is 12.0 Å². The molecule has 3 rings (SSSR count). The monoisotopic (exact) mass is 388 g/mol. The smallest absolute Gasteiger partial charge is 0.410 e. The lowest BCUT2D eigenvalue weighted by atomic mass is 10.0. The molecule has 1 aromatic carbocycles. The Morgan fingerprint density at radius 1 is 0.964 bits per heavy atom. The zero-order chi connectivity index (χ0) is 20.9. The molecule has 156 valence electrons. The van der Waals surface area contributed by atoms with Gasteiger partial charge in [-0.05, 0) is 65.5 Å². The van der Waals surface area contributed by atoms with Crippen LogP contribution in [0.4, 0.5) is 4.79 Å². The quantitative estimate of drug-likeness (QED) is 0.730. The van der Waals surface area contributed by atoms with Gasteiger partial charge >= 0.3 is 6.09 Å². The molecule has 2 fully saturated rings. The topological polar surface area (TPSA) is 49.9 Å². The van der Waals surface area contributed by atoms with Crippen LogP contribution in [-0.2, 0) is 4.74 Å². The standard InChI is InChI=1S/C21H30N2O3.C2H6/c1-15-5-7-16(8-6-15)19(24)23(17-9-10-17)18-11-13-22(14-12-18)20(25)26-21(2,3)4;1-2/h5-8,17-18H,9-14H2,1-4H3;1-2H3. The minimum atomic E-state index is -0.477. The first-order valence-corrected chi connectivity index (χ1v) is 10.6. The van der Waals surface area contributed by atoms with Crippen LogP contribution in [0.2, 0.25) is 0 Å². The van der Waals surface area contributed by atoms with Crippen molar-refractivity contribution in [3.8, 4) is 0 Å². The highest BCUT2D eigenvalue weighted by atomic mass is 16.6. The van der Waals surface area contributed by atoms with E-state index >= 15 is 0 Å². The Balaban J connectivity index is 0.00000136. The lowest BCUT2D eigenvalue weighted by Gasteiger charge is -2.39. The molecule has 5 nitrogen and oxygen atoms in total. The number of hydrogen-bond donors (Lipinski definition) is 0. The third-order valence-electron chi connectivity index (χ3n) is 4.98. The molecule has 0 unspecified atom stereocenters. The van der Waals surface area contributed by atoms with Gasteiger partial charge in [0.25, 0.3) is 5.91 Å². The summed E-state index contributed by atoms with van der Waals surface area (Å²) in [4.78, 5) is 29.2. The summed E-state index contributed by atoms with van der Waals surface area (Å²) in [7, 11) is 0. The molecule has 0 radical (unpaired) electrons. The zero-order valence-corrected chi connectivity index (χ0v) is 18.3. The largest absolute Gasteiger partial charge is 0.444 e. The van der Waals surface area contributed by atoms with E-state index in [2.05, 4.69) is 4.90 Å². The summed E-state index contributed by atoms with van der Waals surface area (Å²) in [5, 5.41) is 0. The van der Waals surface area contributed by atoms with Crippen LogP contribution < -0.4 is 0 Å². The van der Waals surface area contributed by atoms with E-state index in [1.807, 2.05) is 65.8 Å². The summed E-state index contributed by atoms with van der Waals surface area (Å²) in [6.45, 7) is 13.0. The van der Waals surface area contributed by atoms with Crippen LogP contribution in [-0.4, -0.2) is 52.6 Å².